The van der Waals surface area contributed by atoms with E-state index in [0.717, 1.165) is 12.8 Å². The molecule has 0 unspecified atom stereocenters. The van der Waals surface area contributed by atoms with Gasteiger partial charge in [0.1, 0.15) is 11.6 Å². The number of anilines is 1. The van der Waals surface area contributed by atoms with Crippen LogP contribution in [0.4, 0.5) is 10.1 Å². The van der Waals surface area contributed by atoms with Crippen molar-refractivity contribution in [1.82, 2.24) is 4.72 Å². The lowest BCUT2D eigenvalue weighted by Gasteiger charge is -2.10. The van der Waals surface area contributed by atoms with Gasteiger partial charge < -0.3 is 10.1 Å². The first kappa shape index (κ1) is 19.9. The first-order valence-corrected chi connectivity index (χ1v) is 9.67. The molecule has 6 nitrogen and oxygen atoms in total. The smallest absolute Gasteiger partial charge is 0.262 e. The van der Waals surface area contributed by atoms with Crippen LogP contribution in [0.5, 0.6) is 5.75 Å². The minimum Gasteiger partial charge on any atom is -0.484 e. The van der Waals surface area contributed by atoms with Crippen molar-refractivity contribution in [2.24, 2.45) is 0 Å². The fourth-order valence-corrected chi connectivity index (χ4v) is 3.23. The van der Waals surface area contributed by atoms with E-state index < -0.39 is 21.7 Å². The zero-order valence-corrected chi connectivity index (χ0v) is 15.2. The maximum Gasteiger partial charge on any atom is 0.262 e. The molecule has 0 fully saturated rings. The van der Waals surface area contributed by atoms with E-state index in [1.807, 2.05) is 6.92 Å². The highest BCUT2D eigenvalue weighted by Gasteiger charge is 2.14. The van der Waals surface area contributed by atoms with Crippen LogP contribution in [0.3, 0.4) is 0 Å². The monoisotopic (exact) mass is 380 g/mol. The molecule has 0 atom stereocenters. The molecule has 0 aromatic heterocycles. The largest absolute Gasteiger partial charge is 0.484 e. The lowest BCUT2D eigenvalue weighted by atomic mass is 10.3. The van der Waals surface area contributed by atoms with E-state index in [2.05, 4.69) is 10.0 Å². The third-order valence-electron chi connectivity index (χ3n) is 3.42. The minimum absolute atomic E-state index is 0.0671. The number of ether oxygens (including phenoxy) is 1. The second-order valence-electron chi connectivity index (χ2n) is 5.57. The summed E-state index contributed by atoms with van der Waals surface area (Å²) >= 11 is 0. The molecule has 140 valence electrons. The SMILES string of the molecule is CCCCNS(=O)(=O)c1cccc(NC(=O)COc2cccc(F)c2)c1. The molecule has 1 amide bonds. The average Bonchev–Trinajstić information content (AvgIpc) is 2.60. The molecule has 26 heavy (non-hydrogen) atoms. The van der Waals surface area contributed by atoms with Crippen LogP contribution in [0, 0.1) is 5.82 Å². The van der Waals surface area contributed by atoms with Gasteiger partial charge in [-0.05, 0) is 36.8 Å². The van der Waals surface area contributed by atoms with Crippen LogP contribution in [-0.4, -0.2) is 27.5 Å². The van der Waals surface area contributed by atoms with Crippen molar-refractivity contribution in [3.05, 3.63) is 54.3 Å². The number of amides is 1. The van der Waals surface area contributed by atoms with E-state index in [0.29, 0.717) is 12.2 Å². The fraction of sp³-hybridized carbons (Fsp3) is 0.278. The van der Waals surface area contributed by atoms with Crippen molar-refractivity contribution in [2.45, 2.75) is 24.7 Å². The lowest BCUT2D eigenvalue weighted by Crippen LogP contribution is -2.25. The molecular weight excluding hydrogens is 359 g/mol. The summed E-state index contributed by atoms with van der Waals surface area (Å²) in [6.07, 6.45) is 1.62. The molecule has 0 saturated carbocycles. The van der Waals surface area contributed by atoms with Crippen LogP contribution in [0.1, 0.15) is 19.8 Å². The fourth-order valence-electron chi connectivity index (χ4n) is 2.11. The van der Waals surface area contributed by atoms with E-state index in [9.17, 15) is 17.6 Å². The van der Waals surface area contributed by atoms with Gasteiger partial charge in [0.25, 0.3) is 5.91 Å². The summed E-state index contributed by atoms with van der Waals surface area (Å²) in [4.78, 5) is 12.0. The molecule has 0 saturated heterocycles. The van der Waals surface area contributed by atoms with Crippen molar-refractivity contribution in [3.63, 3.8) is 0 Å². The predicted octanol–water partition coefficient (Wildman–Crippen LogP) is 2.92. The molecule has 2 aromatic carbocycles. The number of carbonyl (C=O) groups excluding carboxylic acids is 1. The number of benzene rings is 2. The zero-order valence-electron chi connectivity index (χ0n) is 14.4. The van der Waals surface area contributed by atoms with Gasteiger partial charge in [-0.2, -0.15) is 0 Å². The number of hydrogen-bond donors (Lipinski definition) is 2. The molecule has 0 aliphatic rings. The molecule has 2 N–H and O–H groups in total. The van der Waals surface area contributed by atoms with Gasteiger partial charge in [0.15, 0.2) is 6.61 Å². The highest BCUT2D eigenvalue weighted by molar-refractivity contribution is 7.89. The zero-order chi connectivity index (χ0) is 19.0. The van der Waals surface area contributed by atoms with E-state index in [1.165, 1.54) is 42.5 Å². The normalized spacial score (nSPS) is 11.2. The molecule has 0 heterocycles. The Hall–Kier alpha value is -2.45. The summed E-state index contributed by atoms with van der Waals surface area (Å²) in [6.45, 7) is 2.00. The molecular formula is C18H21FN2O4S. The number of unbranched alkanes of at least 4 members (excludes halogenated alkanes) is 1. The number of nitrogens with one attached hydrogen (secondary N) is 2. The van der Waals surface area contributed by atoms with Gasteiger partial charge in [-0.1, -0.05) is 25.5 Å². The van der Waals surface area contributed by atoms with Crippen LogP contribution in [0.2, 0.25) is 0 Å². The quantitative estimate of drug-likeness (QED) is 0.655. The van der Waals surface area contributed by atoms with Crippen molar-refractivity contribution in [1.29, 1.82) is 0 Å². The van der Waals surface area contributed by atoms with E-state index in [1.54, 1.807) is 6.07 Å². The molecule has 2 aromatic rings. The number of halogens is 1. The maximum absolute atomic E-state index is 13.1. The Morgan fingerprint density at radius 2 is 1.92 bits per heavy atom. The predicted molar refractivity (Wildman–Crippen MR) is 97.1 cm³/mol. The maximum atomic E-state index is 13.1. The van der Waals surface area contributed by atoms with Gasteiger partial charge >= 0.3 is 0 Å². The van der Waals surface area contributed by atoms with Crippen molar-refractivity contribution in [2.75, 3.05) is 18.5 Å². The number of sulfonamides is 1. The Morgan fingerprint density at radius 1 is 1.15 bits per heavy atom. The Labute approximate surface area is 152 Å². The van der Waals surface area contributed by atoms with Gasteiger partial charge in [0.05, 0.1) is 4.90 Å². The van der Waals surface area contributed by atoms with Crippen molar-refractivity contribution >= 4 is 21.6 Å². The highest BCUT2D eigenvalue weighted by atomic mass is 32.2. The summed E-state index contributed by atoms with van der Waals surface area (Å²) < 4.78 is 45.2. The van der Waals surface area contributed by atoms with Gasteiger partial charge in [-0.25, -0.2) is 17.5 Å². The topological polar surface area (TPSA) is 84.5 Å². The summed E-state index contributed by atoms with van der Waals surface area (Å²) in [7, 11) is -3.63. The molecule has 0 spiro atoms. The first-order chi connectivity index (χ1) is 12.4. The summed E-state index contributed by atoms with van der Waals surface area (Å²) in [5.74, 6) is -0.712. The van der Waals surface area contributed by atoms with Crippen molar-refractivity contribution < 1.29 is 22.3 Å². The van der Waals surface area contributed by atoms with Gasteiger partial charge in [0, 0.05) is 18.3 Å². The minimum atomic E-state index is -3.63. The Morgan fingerprint density at radius 3 is 2.65 bits per heavy atom. The van der Waals surface area contributed by atoms with E-state index >= 15 is 0 Å². The number of rotatable bonds is 9. The third kappa shape index (κ3) is 6.12. The van der Waals surface area contributed by atoms with Crippen LogP contribution in [-0.2, 0) is 14.8 Å². The average molecular weight is 380 g/mol. The second-order valence-corrected chi connectivity index (χ2v) is 7.34. The van der Waals surface area contributed by atoms with Crippen LogP contribution >= 0.6 is 0 Å². The molecule has 0 aliphatic carbocycles. The molecule has 8 heteroatoms. The Bertz CT molecular complexity index is 856. The standard InChI is InChI=1S/C18H21FN2O4S/c1-2-3-10-20-26(23,24)17-9-5-7-15(12-17)21-18(22)13-25-16-8-4-6-14(19)11-16/h4-9,11-12,20H,2-3,10,13H2,1H3,(H,21,22). The molecule has 0 radical (unpaired) electrons. The van der Waals surface area contributed by atoms with Crippen LogP contribution < -0.4 is 14.8 Å². The van der Waals surface area contributed by atoms with E-state index in [4.69, 9.17) is 4.74 Å². The molecule has 0 bridgehead atoms. The number of hydrogen-bond acceptors (Lipinski definition) is 4. The highest BCUT2D eigenvalue weighted by Crippen LogP contribution is 2.16. The Kier molecular flexibility index (Phi) is 7.11. The van der Waals surface area contributed by atoms with Crippen LogP contribution in [0.25, 0.3) is 0 Å². The Balaban J connectivity index is 1.96. The van der Waals surface area contributed by atoms with Gasteiger partial charge in [-0.3, -0.25) is 4.79 Å². The van der Waals surface area contributed by atoms with Crippen LogP contribution in [0.15, 0.2) is 53.4 Å². The molecule has 2 rings (SSSR count). The van der Waals surface area contributed by atoms with Gasteiger partial charge in [0.2, 0.25) is 10.0 Å². The lowest BCUT2D eigenvalue weighted by molar-refractivity contribution is -0.118. The second kappa shape index (κ2) is 9.30. The summed E-state index contributed by atoms with van der Waals surface area (Å²) in [5.41, 5.74) is 0.330. The molecule has 0 aliphatic heterocycles. The summed E-state index contributed by atoms with van der Waals surface area (Å²) in [6, 6.07) is 11.4. The van der Waals surface area contributed by atoms with Gasteiger partial charge in [-0.15, -0.1) is 0 Å². The van der Waals surface area contributed by atoms with Crippen molar-refractivity contribution in [3.8, 4) is 5.75 Å². The number of carbonyl (C=O) groups is 1. The summed E-state index contributed by atoms with van der Waals surface area (Å²) in [5, 5.41) is 2.56. The van der Waals surface area contributed by atoms with E-state index in [-0.39, 0.29) is 17.3 Å². The third-order valence-corrected chi connectivity index (χ3v) is 4.88. The first-order valence-electron chi connectivity index (χ1n) is 8.18.